The van der Waals surface area contributed by atoms with Crippen LogP contribution in [-0.2, 0) is 4.74 Å². The molecule has 1 aliphatic carbocycles. The number of nitrogens with one attached hydrogen (secondary N) is 1. The van der Waals surface area contributed by atoms with Crippen molar-refractivity contribution in [2.75, 3.05) is 19.7 Å². The average molecular weight is 293 g/mol. The van der Waals surface area contributed by atoms with Crippen LogP contribution in [0.3, 0.4) is 0 Å². The Balaban J connectivity index is 1.58. The summed E-state index contributed by atoms with van der Waals surface area (Å²) in [5.74, 6) is 0.538. The van der Waals surface area contributed by atoms with Crippen LogP contribution in [0, 0.1) is 5.92 Å². The first-order valence-corrected chi connectivity index (χ1v) is 7.88. The summed E-state index contributed by atoms with van der Waals surface area (Å²) in [6.45, 7) is 3.72. The number of hydrogen-bond acceptors (Lipinski definition) is 4. The quantitative estimate of drug-likeness (QED) is 0.685. The molecule has 0 radical (unpaired) electrons. The molecule has 1 aromatic rings. The third-order valence-corrected chi connectivity index (χ3v) is 4.13. The zero-order chi connectivity index (χ0) is 15.1. The van der Waals surface area contributed by atoms with Gasteiger partial charge in [-0.15, -0.1) is 0 Å². The van der Waals surface area contributed by atoms with Gasteiger partial charge in [-0.25, -0.2) is 0 Å². The summed E-state index contributed by atoms with van der Waals surface area (Å²) in [6, 6.07) is 10.0. The van der Waals surface area contributed by atoms with E-state index in [4.69, 9.17) is 4.74 Å². The van der Waals surface area contributed by atoms with Crippen LogP contribution in [0.4, 0.5) is 0 Å². The van der Waals surface area contributed by atoms with Crippen molar-refractivity contribution in [3.8, 4) is 0 Å². The molecule has 0 heterocycles. The van der Waals surface area contributed by atoms with Crippen molar-refractivity contribution in [1.29, 1.82) is 0 Å². The average Bonchev–Trinajstić information content (AvgIpc) is 2.91. The second kappa shape index (κ2) is 8.49. The first-order chi connectivity index (χ1) is 10.1. The molecule has 4 atom stereocenters. The summed E-state index contributed by atoms with van der Waals surface area (Å²) < 4.78 is 5.70. The van der Waals surface area contributed by atoms with E-state index >= 15 is 0 Å². The van der Waals surface area contributed by atoms with E-state index in [9.17, 15) is 10.2 Å². The van der Waals surface area contributed by atoms with E-state index in [0.717, 1.165) is 31.4 Å². The van der Waals surface area contributed by atoms with Crippen LogP contribution in [-0.4, -0.2) is 42.1 Å². The Morgan fingerprint density at radius 3 is 2.71 bits per heavy atom. The molecule has 118 valence electrons. The Hall–Kier alpha value is -0.940. The maximum Gasteiger partial charge on any atom is 0.0897 e. The van der Waals surface area contributed by atoms with E-state index < -0.39 is 6.10 Å². The molecule has 1 saturated carbocycles. The molecule has 1 aromatic carbocycles. The smallest absolute Gasteiger partial charge is 0.0897 e. The number of rotatable bonds is 8. The van der Waals surface area contributed by atoms with Gasteiger partial charge in [0, 0.05) is 6.54 Å². The highest BCUT2D eigenvalue weighted by Crippen LogP contribution is 2.24. The molecule has 2 rings (SSSR count). The van der Waals surface area contributed by atoms with Gasteiger partial charge in [0.15, 0.2) is 0 Å². The molecule has 0 spiro atoms. The summed E-state index contributed by atoms with van der Waals surface area (Å²) in [4.78, 5) is 0. The Labute approximate surface area is 127 Å². The zero-order valence-electron chi connectivity index (χ0n) is 12.7. The van der Waals surface area contributed by atoms with Gasteiger partial charge in [0.2, 0.25) is 0 Å². The van der Waals surface area contributed by atoms with Gasteiger partial charge in [0.05, 0.1) is 24.9 Å². The van der Waals surface area contributed by atoms with Crippen LogP contribution in [0.2, 0.25) is 0 Å². The summed E-state index contributed by atoms with van der Waals surface area (Å²) in [7, 11) is 0. The third kappa shape index (κ3) is 5.75. The molecule has 21 heavy (non-hydrogen) atoms. The van der Waals surface area contributed by atoms with Gasteiger partial charge in [-0.3, -0.25) is 0 Å². The van der Waals surface area contributed by atoms with Gasteiger partial charge in [-0.1, -0.05) is 30.3 Å². The maximum absolute atomic E-state index is 9.93. The molecular weight excluding hydrogens is 266 g/mol. The summed E-state index contributed by atoms with van der Waals surface area (Å²) >= 11 is 0. The van der Waals surface area contributed by atoms with Crippen molar-refractivity contribution in [2.45, 2.75) is 44.5 Å². The van der Waals surface area contributed by atoms with Crippen molar-refractivity contribution in [2.24, 2.45) is 5.92 Å². The second-order valence-electron chi connectivity index (χ2n) is 6.03. The number of benzene rings is 1. The Morgan fingerprint density at radius 1 is 1.29 bits per heavy atom. The minimum atomic E-state index is -0.498. The number of ether oxygens (including phenoxy) is 1. The zero-order valence-corrected chi connectivity index (χ0v) is 12.7. The standard InChI is InChI=1S/C17H27NO3/c1-13(15-5-3-2-4-6-15)21-12-17(20)11-18-10-14-7-8-16(19)9-14/h2-6,13-14,16-20H,7-12H2,1H3. The largest absolute Gasteiger partial charge is 0.393 e. The van der Waals surface area contributed by atoms with Gasteiger partial charge in [-0.05, 0) is 44.2 Å². The molecule has 1 aliphatic rings. The van der Waals surface area contributed by atoms with Crippen LogP contribution >= 0.6 is 0 Å². The minimum absolute atomic E-state index is 0.00849. The molecule has 4 unspecified atom stereocenters. The van der Waals surface area contributed by atoms with Crippen LogP contribution in [0.15, 0.2) is 30.3 Å². The Kier molecular flexibility index (Phi) is 6.64. The van der Waals surface area contributed by atoms with Crippen LogP contribution in [0.25, 0.3) is 0 Å². The summed E-state index contributed by atoms with van der Waals surface area (Å²) in [6.07, 6.45) is 2.23. The van der Waals surface area contributed by atoms with Crippen molar-refractivity contribution < 1.29 is 14.9 Å². The predicted octanol–water partition coefficient (Wildman–Crippen LogP) is 1.88. The number of aliphatic hydroxyl groups excluding tert-OH is 2. The number of hydrogen-bond donors (Lipinski definition) is 3. The molecular formula is C17H27NO3. The topological polar surface area (TPSA) is 61.7 Å². The fourth-order valence-electron chi connectivity index (χ4n) is 2.82. The van der Waals surface area contributed by atoms with E-state index in [1.807, 2.05) is 37.3 Å². The highest BCUT2D eigenvalue weighted by atomic mass is 16.5. The molecule has 0 saturated heterocycles. The molecule has 0 aromatic heterocycles. The lowest BCUT2D eigenvalue weighted by Crippen LogP contribution is -2.33. The third-order valence-electron chi connectivity index (χ3n) is 4.13. The van der Waals surface area contributed by atoms with Gasteiger partial charge < -0.3 is 20.3 Å². The molecule has 4 heteroatoms. The SMILES string of the molecule is CC(OCC(O)CNCC1CCC(O)C1)c1ccccc1. The van der Waals surface area contributed by atoms with Crippen molar-refractivity contribution in [3.05, 3.63) is 35.9 Å². The number of aliphatic hydroxyl groups is 2. The monoisotopic (exact) mass is 293 g/mol. The van der Waals surface area contributed by atoms with Crippen LogP contribution in [0.5, 0.6) is 0 Å². The van der Waals surface area contributed by atoms with Crippen LogP contribution < -0.4 is 5.32 Å². The Morgan fingerprint density at radius 2 is 2.05 bits per heavy atom. The van der Waals surface area contributed by atoms with Gasteiger partial charge >= 0.3 is 0 Å². The van der Waals surface area contributed by atoms with Crippen LogP contribution in [0.1, 0.15) is 37.9 Å². The highest BCUT2D eigenvalue weighted by molar-refractivity contribution is 5.16. The Bertz CT molecular complexity index is 398. The van der Waals surface area contributed by atoms with E-state index in [-0.39, 0.29) is 12.2 Å². The predicted molar refractivity (Wildman–Crippen MR) is 83.0 cm³/mol. The van der Waals surface area contributed by atoms with Crippen molar-refractivity contribution >= 4 is 0 Å². The molecule has 3 N–H and O–H groups in total. The van der Waals surface area contributed by atoms with E-state index in [1.165, 1.54) is 0 Å². The van der Waals surface area contributed by atoms with Crippen molar-refractivity contribution in [3.63, 3.8) is 0 Å². The second-order valence-corrected chi connectivity index (χ2v) is 6.03. The fraction of sp³-hybridized carbons (Fsp3) is 0.647. The lowest BCUT2D eigenvalue weighted by Gasteiger charge is -2.18. The lowest BCUT2D eigenvalue weighted by atomic mass is 10.1. The summed E-state index contributed by atoms with van der Waals surface area (Å²) in [5.41, 5.74) is 1.12. The van der Waals surface area contributed by atoms with Gasteiger partial charge in [0.25, 0.3) is 0 Å². The van der Waals surface area contributed by atoms with Crippen molar-refractivity contribution in [1.82, 2.24) is 5.32 Å². The van der Waals surface area contributed by atoms with E-state index in [0.29, 0.717) is 19.1 Å². The molecule has 0 bridgehead atoms. The maximum atomic E-state index is 9.93. The lowest BCUT2D eigenvalue weighted by molar-refractivity contribution is -0.00226. The first kappa shape index (κ1) is 16.4. The molecule has 4 nitrogen and oxygen atoms in total. The van der Waals surface area contributed by atoms with Gasteiger partial charge in [-0.2, -0.15) is 0 Å². The van der Waals surface area contributed by atoms with E-state index in [2.05, 4.69) is 5.32 Å². The molecule has 0 amide bonds. The molecule has 0 aliphatic heterocycles. The normalized spacial score (nSPS) is 24.9. The molecule has 1 fully saturated rings. The van der Waals surface area contributed by atoms with E-state index in [1.54, 1.807) is 0 Å². The van der Waals surface area contributed by atoms with Gasteiger partial charge in [0.1, 0.15) is 0 Å². The highest BCUT2D eigenvalue weighted by Gasteiger charge is 2.22. The minimum Gasteiger partial charge on any atom is -0.393 e. The fourth-order valence-corrected chi connectivity index (χ4v) is 2.82. The first-order valence-electron chi connectivity index (χ1n) is 7.88. The summed E-state index contributed by atoms with van der Waals surface area (Å²) in [5, 5.41) is 22.7.